The number of benzene rings is 1. The van der Waals surface area contributed by atoms with Crippen LogP contribution in [-0.2, 0) is 6.54 Å². The lowest BCUT2D eigenvalue weighted by atomic mass is 10.2. The van der Waals surface area contributed by atoms with Gasteiger partial charge in [-0.25, -0.2) is 9.78 Å². The summed E-state index contributed by atoms with van der Waals surface area (Å²) in [4.78, 5) is 34.5. The van der Waals surface area contributed by atoms with E-state index in [0.717, 1.165) is 10.4 Å². The van der Waals surface area contributed by atoms with E-state index in [1.54, 1.807) is 29.3 Å². The zero-order valence-electron chi connectivity index (χ0n) is 15.5. The minimum absolute atomic E-state index is 0.0535. The maximum absolute atomic E-state index is 12.7. The maximum Gasteiger partial charge on any atom is 0.326 e. The summed E-state index contributed by atoms with van der Waals surface area (Å²) in [6, 6.07) is 17.1. The SMILES string of the molecule is Cc1ccc(C(=O)Nc2ccc(N3CCN(Cc4ccccc4)C3=O)nc2)s1. The van der Waals surface area contributed by atoms with Crippen molar-refractivity contribution in [2.75, 3.05) is 23.3 Å². The number of nitrogens with one attached hydrogen (secondary N) is 1. The zero-order chi connectivity index (χ0) is 19.5. The van der Waals surface area contributed by atoms with Gasteiger partial charge in [0.1, 0.15) is 5.82 Å². The number of thiophene rings is 1. The van der Waals surface area contributed by atoms with E-state index in [1.807, 2.05) is 48.2 Å². The average Bonchev–Trinajstić information content (AvgIpc) is 3.30. The summed E-state index contributed by atoms with van der Waals surface area (Å²) in [6.45, 7) is 3.81. The second-order valence-electron chi connectivity index (χ2n) is 6.61. The van der Waals surface area contributed by atoms with Crippen LogP contribution in [0.3, 0.4) is 0 Å². The lowest BCUT2D eigenvalue weighted by Crippen LogP contribution is -2.31. The number of nitrogens with zero attached hydrogens (tertiary/aromatic N) is 3. The van der Waals surface area contributed by atoms with Crippen LogP contribution in [0.2, 0.25) is 0 Å². The van der Waals surface area contributed by atoms with E-state index in [2.05, 4.69) is 10.3 Å². The Morgan fingerprint density at radius 3 is 2.61 bits per heavy atom. The van der Waals surface area contributed by atoms with Gasteiger partial charge in [0.2, 0.25) is 0 Å². The molecule has 0 saturated carbocycles. The topological polar surface area (TPSA) is 65.5 Å². The fourth-order valence-corrected chi connectivity index (χ4v) is 3.88. The molecule has 2 aromatic heterocycles. The van der Waals surface area contributed by atoms with Gasteiger partial charge >= 0.3 is 6.03 Å². The quantitative estimate of drug-likeness (QED) is 0.709. The van der Waals surface area contributed by atoms with Crippen LogP contribution in [0.5, 0.6) is 0 Å². The molecule has 142 valence electrons. The Hall–Kier alpha value is -3.19. The molecule has 1 aromatic carbocycles. The number of carbonyl (C=O) groups is 2. The standard InChI is InChI=1S/C21H20N4O2S/c1-15-7-9-18(28-15)20(26)23-17-8-10-19(22-13-17)25-12-11-24(21(25)27)14-16-5-3-2-4-6-16/h2-10,13H,11-12,14H2,1H3,(H,23,26). The van der Waals surface area contributed by atoms with E-state index in [-0.39, 0.29) is 11.9 Å². The summed E-state index contributed by atoms with van der Waals surface area (Å²) in [7, 11) is 0. The Labute approximate surface area is 167 Å². The highest BCUT2D eigenvalue weighted by Gasteiger charge is 2.30. The summed E-state index contributed by atoms with van der Waals surface area (Å²) in [6.07, 6.45) is 1.58. The molecule has 1 fully saturated rings. The number of amides is 3. The number of urea groups is 1. The third-order valence-electron chi connectivity index (χ3n) is 4.56. The molecular weight excluding hydrogens is 372 g/mol. The first-order chi connectivity index (χ1) is 13.6. The predicted molar refractivity (Wildman–Crippen MR) is 111 cm³/mol. The van der Waals surface area contributed by atoms with Crippen LogP contribution in [0, 0.1) is 6.92 Å². The second kappa shape index (κ2) is 7.82. The Balaban J connectivity index is 1.40. The Morgan fingerprint density at radius 2 is 1.93 bits per heavy atom. The van der Waals surface area contributed by atoms with Gasteiger partial charge in [-0.1, -0.05) is 30.3 Å². The summed E-state index contributed by atoms with van der Waals surface area (Å²) in [5, 5.41) is 2.84. The van der Waals surface area contributed by atoms with Crippen LogP contribution in [0.4, 0.5) is 16.3 Å². The molecule has 28 heavy (non-hydrogen) atoms. The third-order valence-corrected chi connectivity index (χ3v) is 5.56. The molecule has 1 N–H and O–H groups in total. The predicted octanol–water partition coefficient (Wildman–Crippen LogP) is 4.15. The number of pyridine rings is 1. The number of rotatable bonds is 5. The van der Waals surface area contributed by atoms with Gasteiger partial charge in [-0.2, -0.15) is 0 Å². The van der Waals surface area contributed by atoms with E-state index in [1.165, 1.54) is 11.3 Å². The van der Waals surface area contributed by atoms with Crippen LogP contribution in [0.1, 0.15) is 20.1 Å². The molecule has 0 radical (unpaired) electrons. The fourth-order valence-electron chi connectivity index (χ4n) is 3.11. The highest BCUT2D eigenvalue weighted by atomic mass is 32.1. The van der Waals surface area contributed by atoms with Crippen molar-refractivity contribution in [3.8, 4) is 0 Å². The lowest BCUT2D eigenvalue weighted by Gasteiger charge is -2.18. The molecule has 3 amide bonds. The van der Waals surface area contributed by atoms with Crippen molar-refractivity contribution in [1.82, 2.24) is 9.88 Å². The summed E-state index contributed by atoms with van der Waals surface area (Å²) in [5.74, 6) is 0.435. The van der Waals surface area contributed by atoms with Gasteiger partial charge in [0, 0.05) is 24.5 Å². The highest BCUT2D eigenvalue weighted by Crippen LogP contribution is 2.22. The smallest absolute Gasteiger partial charge is 0.320 e. The van der Waals surface area contributed by atoms with E-state index in [9.17, 15) is 9.59 Å². The van der Waals surface area contributed by atoms with Gasteiger partial charge < -0.3 is 10.2 Å². The van der Waals surface area contributed by atoms with Gasteiger partial charge in [-0.05, 0) is 36.8 Å². The normalized spacial score (nSPS) is 13.8. The highest BCUT2D eigenvalue weighted by molar-refractivity contribution is 7.14. The number of anilines is 2. The molecular formula is C21H20N4O2S. The maximum atomic E-state index is 12.7. The van der Waals surface area contributed by atoms with Gasteiger partial charge in [-0.3, -0.25) is 9.69 Å². The van der Waals surface area contributed by atoms with E-state index < -0.39 is 0 Å². The molecule has 3 aromatic rings. The van der Waals surface area contributed by atoms with Crippen LogP contribution >= 0.6 is 11.3 Å². The largest absolute Gasteiger partial charge is 0.326 e. The minimum atomic E-state index is -0.154. The number of hydrogen-bond donors (Lipinski definition) is 1. The molecule has 0 atom stereocenters. The number of hydrogen-bond acceptors (Lipinski definition) is 4. The molecule has 0 unspecified atom stereocenters. The van der Waals surface area contributed by atoms with Crippen molar-refractivity contribution in [1.29, 1.82) is 0 Å². The van der Waals surface area contributed by atoms with Crippen LogP contribution < -0.4 is 10.2 Å². The first-order valence-corrected chi connectivity index (χ1v) is 9.86. The third kappa shape index (κ3) is 3.89. The van der Waals surface area contributed by atoms with Gasteiger partial charge in [0.05, 0.1) is 16.8 Å². The molecule has 1 aliphatic heterocycles. The van der Waals surface area contributed by atoms with Crippen LogP contribution in [-0.4, -0.2) is 34.9 Å². The lowest BCUT2D eigenvalue weighted by molar-refractivity contribution is 0.103. The van der Waals surface area contributed by atoms with Gasteiger partial charge in [0.15, 0.2) is 0 Å². The fraction of sp³-hybridized carbons (Fsp3) is 0.190. The van der Waals surface area contributed by atoms with Crippen molar-refractivity contribution in [3.63, 3.8) is 0 Å². The first kappa shape index (κ1) is 18.2. The molecule has 1 saturated heterocycles. The number of aryl methyl sites for hydroxylation is 1. The second-order valence-corrected chi connectivity index (χ2v) is 7.90. The van der Waals surface area contributed by atoms with Crippen molar-refractivity contribution in [2.24, 2.45) is 0 Å². The molecule has 0 aliphatic carbocycles. The number of carbonyl (C=O) groups excluding carboxylic acids is 2. The Morgan fingerprint density at radius 1 is 1.11 bits per heavy atom. The van der Waals surface area contributed by atoms with E-state index >= 15 is 0 Å². The molecule has 3 heterocycles. The molecule has 0 spiro atoms. The summed E-state index contributed by atoms with van der Waals surface area (Å²) < 4.78 is 0. The zero-order valence-corrected chi connectivity index (χ0v) is 16.3. The molecule has 7 heteroatoms. The van der Waals surface area contributed by atoms with Crippen molar-refractivity contribution < 1.29 is 9.59 Å². The van der Waals surface area contributed by atoms with Crippen LogP contribution in [0.25, 0.3) is 0 Å². The number of aromatic nitrogens is 1. The molecule has 4 rings (SSSR count). The summed E-state index contributed by atoms with van der Waals surface area (Å²) >= 11 is 1.45. The first-order valence-electron chi connectivity index (χ1n) is 9.04. The van der Waals surface area contributed by atoms with E-state index in [4.69, 9.17) is 0 Å². The molecule has 0 bridgehead atoms. The molecule has 1 aliphatic rings. The van der Waals surface area contributed by atoms with Crippen molar-refractivity contribution in [2.45, 2.75) is 13.5 Å². The van der Waals surface area contributed by atoms with Crippen molar-refractivity contribution in [3.05, 3.63) is 76.1 Å². The summed E-state index contributed by atoms with van der Waals surface area (Å²) in [5.41, 5.74) is 1.71. The monoisotopic (exact) mass is 392 g/mol. The Kier molecular flexibility index (Phi) is 5.08. The average molecular weight is 392 g/mol. The van der Waals surface area contributed by atoms with E-state index in [0.29, 0.717) is 36.0 Å². The Bertz CT molecular complexity index is 985. The van der Waals surface area contributed by atoms with Crippen LogP contribution in [0.15, 0.2) is 60.8 Å². The van der Waals surface area contributed by atoms with Crippen molar-refractivity contribution >= 4 is 34.8 Å². The van der Waals surface area contributed by atoms with Gasteiger partial charge in [0.25, 0.3) is 5.91 Å². The molecule has 6 nitrogen and oxygen atoms in total. The van der Waals surface area contributed by atoms with Gasteiger partial charge in [-0.15, -0.1) is 11.3 Å². The minimum Gasteiger partial charge on any atom is -0.320 e.